The summed E-state index contributed by atoms with van der Waals surface area (Å²) in [4.78, 5) is 13.7. The first-order valence-corrected chi connectivity index (χ1v) is 9.57. The molecule has 7 heteroatoms. The van der Waals surface area contributed by atoms with Crippen LogP contribution in [0.25, 0.3) is 0 Å². The summed E-state index contributed by atoms with van der Waals surface area (Å²) in [5, 5.41) is 2.54. The van der Waals surface area contributed by atoms with Gasteiger partial charge in [-0.05, 0) is 0 Å². The number of nitrogens with one attached hydrogen (secondary N) is 1. The molecule has 1 unspecified atom stereocenters. The summed E-state index contributed by atoms with van der Waals surface area (Å²) >= 11 is 1.61. The van der Waals surface area contributed by atoms with Crippen molar-refractivity contribution >= 4 is 27.5 Å². The average molecular weight is 308 g/mol. The molecule has 0 bridgehead atoms. The van der Waals surface area contributed by atoms with Crippen molar-refractivity contribution in [1.29, 1.82) is 0 Å². The lowest BCUT2D eigenvalue weighted by atomic mass is 10.3. The van der Waals surface area contributed by atoms with Crippen molar-refractivity contribution in [3.63, 3.8) is 0 Å². The van der Waals surface area contributed by atoms with Gasteiger partial charge in [-0.1, -0.05) is 20.8 Å². The van der Waals surface area contributed by atoms with Gasteiger partial charge in [-0.3, -0.25) is 4.79 Å². The SMILES string of the molecule is CCS(=O)(=O)C1CSCCN1C(=O)CCNC(C)C. The molecule has 0 spiro atoms. The molecule has 1 saturated heterocycles. The number of nitrogens with zero attached hydrogens (tertiary/aromatic N) is 1. The van der Waals surface area contributed by atoms with Gasteiger partial charge in [0.05, 0.1) is 0 Å². The third kappa shape index (κ3) is 4.96. The van der Waals surface area contributed by atoms with Crippen LogP contribution in [0.2, 0.25) is 0 Å². The Labute approximate surface area is 120 Å². The highest BCUT2D eigenvalue weighted by molar-refractivity contribution is 8.01. The predicted octanol–water partition coefficient (Wildman–Crippen LogP) is 0.711. The number of hydrogen-bond acceptors (Lipinski definition) is 5. The molecule has 1 aliphatic rings. The van der Waals surface area contributed by atoms with Gasteiger partial charge in [0.2, 0.25) is 5.91 Å². The summed E-state index contributed by atoms with van der Waals surface area (Å²) in [6.45, 7) is 6.81. The molecule has 5 nitrogen and oxygen atoms in total. The molecule has 0 aromatic rings. The first-order chi connectivity index (χ1) is 8.88. The standard InChI is InChI=1S/C12H24N2O3S2/c1-4-19(16,17)12-9-18-8-7-14(12)11(15)5-6-13-10(2)3/h10,12-13H,4-9H2,1-3H3. The molecule has 0 saturated carbocycles. The molecule has 19 heavy (non-hydrogen) atoms. The summed E-state index contributed by atoms with van der Waals surface area (Å²) in [5.41, 5.74) is 0. The van der Waals surface area contributed by atoms with E-state index in [1.165, 1.54) is 0 Å². The lowest BCUT2D eigenvalue weighted by Crippen LogP contribution is -2.51. The number of thioether (sulfide) groups is 1. The van der Waals surface area contributed by atoms with Crippen LogP contribution in [0.5, 0.6) is 0 Å². The fourth-order valence-electron chi connectivity index (χ4n) is 1.97. The highest BCUT2D eigenvalue weighted by Crippen LogP contribution is 2.22. The van der Waals surface area contributed by atoms with Crippen molar-refractivity contribution in [2.45, 2.75) is 38.6 Å². The molecule has 0 aliphatic carbocycles. The van der Waals surface area contributed by atoms with E-state index in [1.807, 2.05) is 13.8 Å². The van der Waals surface area contributed by atoms with Crippen LogP contribution in [-0.4, -0.2) is 61.0 Å². The molecular formula is C12H24N2O3S2. The Morgan fingerprint density at radius 2 is 2.16 bits per heavy atom. The molecule has 1 heterocycles. The third-order valence-electron chi connectivity index (χ3n) is 3.11. The number of rotatable bonds is 6. The van der Waals surface area contributed by atoms with Crippen LogP contribution in [0.1, 0.15) is 27.2 Å². The number of amides is 1. The van der Waals surface area contributed by atoms with Gasteiger partial charge in [-0.25, -0.2) is 8.42 Å². The second kappa shape index (κ2) is 7.50. The second-order valence-corrected chi connectivity index (χ2v) is 8.52. The highest BCUT2D eigenvalue weighted by atomic mass is 32.2. The maximum atomic E-state index is 12.2. The predicted molar refractivity (Wildman–Crippen MR) is 80.0 cm³/mol. The van der Waals surface area contributed by atoms with E-state index >= 15 is 0 Å². The largest absolute Gasteiger partial charge is 0.324 e. The normalized spacial score (nSPS) is 20.8. The lowest BCUT2D eigenvalue weighted by Gasteiger charge is -2.34. The fraction of sp³-hybridized carbons (Fsp3) is 0.917. The Morgan fingerprint density at radius 1 is 1.47 bits per heavy atom. The summed E-state index contributed by atoms with van der Waals surface area (Å²) < 4.78 is 24.1. The fourth-order valence-corrected chi connectivity index (χ4v) is 4.96. The molecule has 112 valence electrons. The molecule has 0 radical (unpaired) electrons. The number of sulfone groups is 1. The molecule has 1 N–H and O–H groups in total. The quantitative estimate of drug-likeness (QED) is 0.783. The van der Waals surface area contributed by atoms with E-state index in [4.69, 9.17) is 0 Å². The van der Waals surface area contributed by atoms with Crippen LogP contribution >= 0.6 is 11.8 Å². The van der Waals surface area contributed by atoms with E-state index in [-0.39, 0.29) is 11.7 Å². The molecular weight excluding hydrogens is 284 g/mol. The van der Waals surface area contributed by atoms with Gasteiger partial charge in [-0.2, -0.15) is 11.8 Å². The van der Waals surface area contributed by atoms with E-state index in [0.29, 0.717) is 31.3 Å². The number of carbonyl (C=O) groups is 1. The monoisotopic (exact) mass is 308 g/mol. The van der Waals surface area contributed by atoms with Crippen molar-refractivity contribution in [3.05, 3.63) is 0 Å². The zero-order valence-corrected chi connectivity index (χ0v) is 13.5. The Kier molecular flexibility index (Phi) is 6.62. The first kappa shape index (κ1) is 16.8. The number of hydrogen-bond donors (Lipinski definition) is 1. The Hall–Kier alpha value is -0.270. The van der Waals surface area contributed by atoms with Gasteiger partial charge < -0.3 is 10.2 Å². The summed E-state index contributed by atoms with van der Waals surface area (Å²) in [6.07, 6.45) is 0.360. The van der Waals surface area contributed by atoms with Crippen LogP contribution in [0.15, 0.2) is 0 Å². The third-order valence-corrected chi connectivity index (χ3v) is 6.40. The summed E-state index contributed by atoms with van der Waals surface area (Å²) in [5.74, 6) is 1.35. The molecule has 1 fully saturated rings. The van der Waals surface area contributed by atoms with Gasteiger partial charge in [0.15, 0.2) is 9.84 Å². The van der Waals surface area contributed by atoms with Crippen LogP contribution in [0.4, 0.5) is 0 Å². The maximum absolute atomic E-state index is 12.2. The van der Waals surface area contributed by atoms with Crippen LogP contribution in [0, 0.1) is 0 Å². The van der Waals surface area contributed by atoms with Crippen molar-refractivity contribution in [1.82, 2.24) is 10.2 Å². The van der Waals surface area contributed by atoms with E-state index in [1.54, 1.807) is 23.6 Å². The van der Waals surface area contributed by atoms with E-state index < -0.39 is 15.2 Å². The second-order valence-electron chi connectivity index (χ2n) is 4.93. The molecule has 1 atom stereocenters. The van der Waals surface area contributed by atoms with Gasteiger partial charge in [0.25, 0.3) is 0 Å². The van der Waals surface area contributed by atoms with Gasteiger partial charge in [0.1, 0.15) is 5.37 Å². The van der Waals surface area contributed by atoms with Crippen molar-refractivity contribution in [2.75, 3.05) is 30.3 Å². The molecule has 1 amide bonds. The van der Waals surface area contributed by atoms with Gasteiger partial charge in [0, 0.05) is 42.8 Å². The van der Waals surface area contributed by atoms with Crippen LogP contribution < -0.4 is 5.32 Å². The Bertz CT molecular complexity index is 396. The average Bonchev–Trinajstić information content (AvgIpc) is 2.38. The lowest BCUT2D eigenvalue weighted by molar-refractivity contribution is -0.131. The minimum atomic E-state index is -3.19. The van der Waals surface area contributed by atoms with E-state index in [2.05, 4.69) is 5.32 Å². The minimum Gasteiger partial charge on any atom is -0.324 e. The van der Waals surface area contributed by atoms with Crippen molar-refractivity contribution < 1.29 is 13.2 Å². The molecule has 0 aromatic heterocycles. The van der Waals surface area contributed by atoms with Gasteiger partial charge >= 0.3 is 0 Å². The molecule has 0 aromatic carbocycles. The summed E-state index contributed by atoms with van der Waals surface area (Å²) in [7, 11) is -3.19. The minimum absolute atomic E-state index is 0.0597. The zero-order chi connectivity index (χ0) is 14.5. The topological polar surface area (TPSA) is 66.5 Å². The van der Waals surface area contributed by atoms with Crippen LogP contribution in [0.3, 0.4) is 0 Å². The Morgan fingerprint density at radius 3 is 2.74 bits per heavy atom. The van der Waals surface area contributed by atoms with E-state index in [0.717, 1.165) is 5.75 Å². The molecule has 1 aliphatic heterocycles. The smallest absolute Gasteiger partial charge is 0.224 e. The summed E-state index contributed by atoms with van der Waals surface area (Å²) in [6, 6.07) is 0.333. The molecule has 1 rings (SSSR count). The highest BCUT2D eigenvalue weighted by Gasteiger charge is 2.35. The van der Waals surface area contributed by atoms with Crippen molar-refractivity contribution in [2.24, 2.45) is 0 Å². The number of carbonyl (C=O) groups excluding carboxylic acids is 1. The van der Waals surface area contributed by atoms with Gasteiger partial charge in [-0.15, -0.1) is 0 Å². The van der Waals surface area contributed by atoms with E-state index in [9.17, 15) is 13.2 Å². The van der Waals surface area contributed by atoms with Crippen molar-refractivity contribution in [3.8, 4) is 0 Å². The van der Waals surface area contributed by atoms with Crippen LogP contribution in [-0.2, 0) is 14.6 Å². The zero-order valence-electron chi connectivity index (χ0n) is 11.9. The maximum Gasteiger partial charge on any atom is 0.224 e. The Balaban J connectivity index is 2.64. The first-order valence-electron chi connectivity index (χ1n) is 6.70.